The van der Waals surface area contributed by atoms with Crippen molar-refractivity contribution in [3.63, 3.8) is 0 Å². The second-order valence-electron chi connectivity index (χ2n) is 4.98. The molecule has 5 nitrogen and oxygen atoms in total. The normalized spacial score (nSPS) is 24.2. The van der Waals surface area contributed by atoms with Crippen molar-refractivity contribution in [1.82, 2.24) is 4.90 Å². The molecule has 0 radical (unpaired) electrons. The number of aliphatic hydroxyl groups excluding tert-OH is 1. The van der Waals surface area contributed by atoms with Gasteiger partial charge in [-0.05, 0) is 11.5 Å². The van der Waals surface area contributed by atoms with Crippen LogP contribution in [0.4, 0.5) is 0 Å². The molecule has 1 aromatic carbocycles. The van der Waals surface area contributed by atoms with E-state index in [0.29, 0.717) is 12.1 Å². The van der Waals surface area contributed by atoms with Gasteiger partial charge in [0.15, 0.2) is 6.10 Å². The summed E-state index contributed by atoms with van der Waals surface area (Å²) in [5.41, 5.74) is 0.527. The van der Waals surface area contributed by atoms with E-state index in [-0.39, 0.29) is 12.5 Å². The molecule has 0 spiro atoms. The zero-order valence-corrected chi connectivity index (χ0v) is 10.7. The fourth-order valence-electron chi connectivity index (χ4n) is 2.42. The number of carboxylic acids is 1. The Balaban J connectivity index is 2.07. The van der Waals surface area contributed by atoms with Crippen LogP contribution in [0.5, 0.6) is 0 Å². The van der Waals surface area contributed by atoms with E-state index in [1.165, 1.54) is 4.90 Å². The van der Waals surface area contributed by atoms with Crippen LogP contribution in [0.3, 0.4) is 0 Å². The SMILES string of the molecule is C[C@@H]1CN(C(=O)C(O)c2ccccc2)C[C@H]1C(=O)O. The van der Waals surface area contributed by atoms with Crippen LogP contribution in [0.25, 0.3) is 0 Å². The van der Waals surface area contributed by atoms with Gasteiger partial charge in [0, 0.05) is 13.1 Å². The molecule has 1 aliphatic rings. The van der Waals surface area contributed by atoms with E-state index in [0.717, 1.165) is 0 Å². The summed E-state index contributed by atoms with van der Waals surface area (Å²) in [5.74, 6) is -1.96. The number of aliphatic hydroxyl groups is 1. The smallest absolute Gasteiger partial charge is 0.308 e. The van der Waals surface area contributed by atoms with Gasteiger partial charge >= 0.3 is 5.97 Å². The number of carbonyl (C=O) groups excluding carboxylic acids is 1. The van der Waals surface area contributed by atoms with Gasteiger partial charge in [-0.25, -0.2) is 0 Å². The van der Waals surface area contributed by atoms with Gasteiger partial charge in [-0.1, -0.05) is 37.3 Å². The number of nitrogens with zero attached hydrogens (tertiary/aromatic N) is 1. The predicted molar refractivity (Wildman–Crippen MR) is 68.3 cm³/mol. The van der Waals surface area contributed by atoms with Crippen LogP contribution in [0.2, 0.25) is 0 Å². The number of carbonyl (C=O) groups is 2. The van der Waals surface area contributed by atoms with Gasteiger partial charge in [-0.15, -0.1) is 0 Å². The third kappa shape index (κ3) is 2.76. The molecule has 2 N–H and O–H groups in total. The average molecular weight is 263 g/mol. The van der Waals surface area contributed by atoms with E-state index in [2.05, 4.69) is 0 Å². The van der Waals surface area contributed by atoms with Crippen LogP contribution in [0, 0.1) is 11.8 Å². The molecule has 0 bridgehead atoms. The maximum absolute atomic E-state index is 12.1. The van der Waals surface area contributed by atoms with Crippen molar-refractivity contribution < 1.29 is 19.8 Å². The molecular formula is C14H17NO4. The highest BCUT2D eigenvalue weighted by atomic mass is 16.4. The van der Waals surface area contributed by atoms with Gasteiger partial charge in [-0.3, -0.25) is 9.59 Å². The lowest BCUT2D eigenvalue weighted by molar-refractivity contribution is -0.143. The maximum Gasteiger partial charge on any atom is 0.308 e. The first kappa shape index (κ1) is 13.5. The van der Waals surface area contributed by atoms with E-state index < -0.39 is 23.9 Å². The number of hydrogen-bond acceptors (Lipinski definition) is 3. The Morgan fingerprint density at radius 2 is 1.89 bits per heavy atom. The van der Waals surface area contributed by atoms with Gasteiger partial charge in [0.25, 0.3) is 5.91 Å². The van der Waals surface area contributed by atoms with Crippen LogP contribution in [0.15, 0.2) is 30.3 Å². The van der Waals surface area contributed by atoms with Gasteiger partial charge in [0.05, 0.1) is 5.92 Å². The van der Waals surface area contributed by atoms with Crippen LogP contribution in [-0.4, -0.2) is 40.1 Å². The number of aliphatic carboxylic acids is 1. The molecule has 1 fully saturated rings. The molecule has 1 aliphatic heterocycles. The highest BCUT2D eigenvalue weighted by molar-refractivity contribution is 5.83. The van der Waals surface area contributed by atoms with Crippen LogP contribution in [0.1, 0.15) is 18.6 Å². The quantitative estimate of drug-likeness (QED) is 0.849. The molecule has 102 valence electrons. The number of carboxylic acid groups (broad SMARTS) is 1. The third-order valence-corrected chi connectivity index (χ3v) is 3.59. The van der Waals surface area contributed by atoms with Crippen molar-refractivity contribution in [2.45, 2.75) is 13.0 Å². The summed E-state index contributed by atoms with van der Waals surface area (Å²) in [6.45, 7) is 2.35. The Labute approximate surface area is 111 Å². The number of likely N-dealkylation sites (tertiary alicyclic amines) is 1. The van der Waals surface area contributed by atoms with Crippen LogP contribution in [-0.2, 0) is 9.59 Å². The lowest BCUT2D eigenvalue weighted by Gasteiger charge is -2.20. The van der Waals surface area contributed by atoms with E-state index in [4.69, 9.17) is 5.11 Å². The predicted octanol–water partition coefficient (Wildman–Crippen LogP) is 0.899. The van der Waals surface area contributed by atoms with Crippen molar-refractivity contribution in [2.24, 2.45) is 11.8 Å². The molecule has 19 heavy (non-hydrogen) atoms. The molecule has 0 aromatic heterocycles. The van der Waals surface area contributed by atoms with Gasteiger partial charge in [0.1, 0.15) is 0 Å². The minimum absolute atomic E-state index is 0.0931. The Kier molecular flexibility index (Phi) is 3.85. The van der Waals surface area contributed by atoms with Gasteiger partial charge in [-0.2, -0.15) is 0 Å². The minimum Gasteiger partial charge on any atom is -0.481 e. The van der Waals surface area contributed by atoms with Gasteiger partial charge in [0.2, 0.25) is 0 Å². The monoisotopic (exact) mass is 263 g/mol. The lowest BCUT2D eigenvalue weighted by atomic mass is 9.99. The molecular weight excluding hydrogens is 246 g/mol. The zero-order valence-electron chi connectivity index (χ0n) is 10.7. The molecule has 3 atom stereocenters. The Morgan fingerprint density at radius 1 is 1.26 bits per heavy atom. The standard InChI is InChI=1S/C14H17NO4/c1-9-7-15(8-11(9)14(18)19)13(17)12(16)10-5-3-2-4-6-10/h2-6,9,11-12,16H,7-8H2,1H3,(H,18,19)/t9-,11-,12?/m1/s1. The number of hydrogen-bond donors (Lipinski definition) is 2. The van der Waals surface area contributed by atoms with Gasteiger partial charge < -0.3 is 15.1 Å². The van der Waals surface area contributed by atoms with Crippen molar-refractivity contribution in [2.75, 3.05) is 13.1 Å². The summed E-state index contributed by atoms with van der Waals surface area (Å²) in [4.78, 5) is 24.6. The maximum atomic E-state index is 12.1. The molecule has 1 amide bonds. The average Bonchev–Trinajstić information content (AvgIpc) is 2.80. The highest BCUT2D eigenvalue weighted by Gasteiger charge is 2.38. The summed E-state index contributed by atoms with van der Waals surface area (Å²) >= 11 is 0. The van der Waals surface area contributed by atoms with Crippen molar-refractivity contribution in [3.05, 3.63) is 35.9 Å². The first-order valence-electron chi connectivity index (χ1n) is 6.25. The molecule has 0 saturated carbocycles. The molecule has 1 saturated heterocycles. The van der Waals surface area contributed by atoms with Crippen LogP contribution >= 0.6 is 0 Å². The molecule has 2 rings (SSSR count). The minimum atomic E-state index is -1.22. The number of rotatable bonds is 3. The summed E-state index contributed by atoms with van der Waals surface area (Å²) in [5, 5.41) is 19.1. The molecule has 1 aromatic rings. The largest absolute Gasteiger partial charge is 0.481 e. The molecule has 5 heteroatoms. The zero-order chi connectivity index (χ0) is 14.0. The Bertz CT molecular complexity index is 474. The fraction of sp³-hybridized carbons (Fsp3) is 0.429. The topological polar surface area (TPSA) is 77.8 Å². The lowest BCUT2D eigenvalue weighted by Crippen LogP contribution is -2.34. The second kappa shape index (κ2) is 5.40. The molecule has 1 heterocycles. The first-order valence-corrected chi connectivity index (χ1v) is 6.25. The molecule has 0 aliphatic carbocycles. The van der Waals surface area contributed by atoms with E-state index in [1.807, 2.05) is 0 Å². The number of amides is 1. The van der Waals surface area contributed by atoms with E-state index in [9.17, 15) is 14.7 Å². The van der Waals surface area contributed by atoms with Crippen molar-refractivity contribution >= 4 is 11.9 Å². The van der Waals surface area contributed by atoms with E-state index >= 15 is 0 Å². The van der Waals surface area contributed by atoms with Crippen LogP contribution < -0.4 is 0 Å². The first-order chi connectivity index (χ1) is 9.00. The summed E-state index contributed by atoms with van der Waals surface area (Å²) in [7, 11) is 0. The number of benzene rings is 1. The molecule has 1 unspecified atom stereocenters. The van der Waals surface area contributed by atoms with E-state index in [1.54, 1.807) is 37.3 Å². The Hall–Kier alpha value is -1.88. The second-order valence-corrected chi connectivity index (χ2v) is 4.98. The third-order valence-electron chi connectivity index (χ3n) is 3.59. The van der Waals surface area contributed by atoms with Crippen molar-refractivity contribution in [1.29, 1.82) is 0 Å². The summed E-state index contributed by atoms with van der Waals surface area (Å²) < 4.78 is 0. The summed E-state index contributed by atoms with van der Waals surface area (Å²) in [6, 6.07) is 8.66. The highest BCUT2D eigenvalue weighted by Crippen LogP contribution is 2.26. The Morgan fingerprint density at radius 3 is 2.42 bits per heavy atom. The van der Waals surface area contributed by atoms with Crippen molar-refractivity contribution in [3.8, 4) is 0 Å². The fourth-order valence-corrected chi connectivity index (χ4v) is 2.42. The summed E-state index contributed by atoms with van der Waals surface area (Å²) in [6.07, 6.45) is -1.22.